The fourth-order valence-electron chi connectivity index (χ4n) is 2.25. The Morgan fingerprint density at radius 1 is 1.35 bits per heavy atom. The molecular formula is C15H26N6O2. The number of aryl methyl sites for hydroxylation is 1. The molecule has 0 unspecified atom stereocenters. The number of hydrogen-bond donors (Lipinski definition) is 2. The van der Waals surface area contributed by atoms with Crippen molar-refractivity contribution in [2.45, 2.75) is 39.8 Å². The molecule has 0 spiro atoms. The van der Waals surface area contributed by atoms with Crippen LogP contribution in [0.5, 0.6) is 0 Å². The second-order valence-corrected chi connectivity index (χ2v) is 6.65. The summed E-state index contributed by atoms with van der Waals surface area (Å²) in [6.45, 7) is 10.5. The summed E-state index contributed by atoms with van der Waals surface area (Å²) in [5, 5.41) is 6.84. The summed E-state index contributed by atoms with van der Waals surface area (Å²) in [4.78, 5) is 20.1. The van der Waals surface area contributed by atoms with Crippen LogP contribution in [0, 0.1) is 6.92 Å². The van der Waals surface area contributed by atoms with Crippen molar-refractivity contribution in [3.05, 3.63) is 17.5 Å². The molecule has 0 aliphatic carbocycles. The van der Waals surface area contributed by atoms with Gasteiger partial charge in [-0.3, -0.25) is 5.10 Å². The van der Waals surface area contributed by atoms with Crippen molar-refractivity contribution in [3.63, 3.8) is 0 Å². The van der Waals surface area contributed by atoms with Gasteiger partial charge in [0.1, 0.15) is 5.60 Å². The van der Waals surface area contributed by atoms with E-state index >= 15 is 0 Å². The van der Waals surface area contributed by atoms with Gasteiger partial charge in [-0.25, -0.2) is 9.79 Å². The molecule has 0 aromatic carbocycles. The lowest BCUT2D eigenvalue weighted by Crippen LogP contribution is -2.53. The maximum absolute atomic E-state index is 12.0. The first-order chi connectivity index (χ1) is 10.8. The largest absolute Gasteiger partial charge is 0.444 e. The van der Waals surface area contributed by atoms with Gasteiger partial charge in [0.05, 0.1) is 12.7 Å². The lowest BCUT2D eigenvalue weighted by atomic mass is 10.2. The number of aromatic amines is 1. The van der Waals surface area contributed by atoms with Gasteiger partial charge in [-0.1, -0.05) is 0 Å². The molecule has 1 aromatic rings. The number of carbonyl (C=O) groups is 1. The number of rotatable bonds is 2. The molecule has 0 radical (unpaired) electrons. The van der Waals surface area contributed by atoms with Gasteiger partial charge in [0.2, 0.25) is 0 Å². The molecule has 0 saturated carbocycles. The molecule has 2 heterocycles. The first-order valence-electron chi connectivity index (χ1n) is 7.78. The van der Waals surface area contributed by atoms with Crippen molar-refractivity contribution in [1.29, 1.82) is 0 Å². The number of carbonyl (C=O) groups excluding carboxylic acids is 1. The Morgan fingerprint density at radius 2 is 1.96 bits per heavy atom. The number of nitrogens with two attached hydrogens (primary N) is 1. The van der Waals surface area contributed by atoms with E-state index in [0.717, 1.165) is 11.3 Å². The van der Waals surface area contributed by atoms with Gasteiger partial charge in [0.15, 0.2) is 5.96 Å². The van der Waals surface area contributed by atoms with E-state index in [9.17, 15) is 4.79 Å². The van der Waals surface area contributed by atoms with Crippen LogP contribution in [-0.4, -0.2) is 63.8 Å². The average Bonchev–Trinajstić information content (AvgIpc) is 2.88. The van der Waals surface area contributed by atoms with Crippen LogP contribution in [0.1, 0.15) is 32.0 Å². The van der Waals surface area contributed by atoms with Gasteiger partial charge in [-0.05, 0) is 27.7 Å². The van der Waals surface area contributed by atoms with Crippen LogP contribution < -0.4 is 5.73 Å². The zero-order chi connectivity index (χ0) is 17.0. The van der Waals surface area contributed by atoms with Gasteiger partial charge >= 0.3 is 6.09 Å². The first-order valence-corrected chi connectivity index (χ1v) is 7.78. The van der Waals surface area contributed by atoms with Crippen LogP contribution in [0.4, 0.5) is 4.79 Å². The van der Waals surface area contributed by atoms with E-state index < -0.39 is 5.60 Å². The van der Waals surface area contributed by atoms with E-state index in [2.05, 4.69) is 15.2 Å². The Morgan fingerprint density at radius 3 is 2.48 bits per heavy atom. The molecule has 1 fully saturated rings. The van der Waals surface area contributed by atoms with Crippen molar-refractivity contribution in [3.8, 4) is 0 Å². The molecular weight excluding hydrogens is 296 g/mol. The third-order valence-electron chi connectivity index (χ3n) is 3.60. The van der Waals surface area contributed by atoms with Crippen LogP contribution in [0.3, 0.4) is 0 Å². The van der Waals surface area contributed by atoms with Gasteiger partial charge in [-0.2, -0.15) is 5.10 Å². The van der Waals surface area contributed by atoms with Crippen LogP contribution in [0.25, 0.3) is 0 Å². The molecule has 23 heavy (non-hydrogen) atoms. The molecule has 8 nitrogen and oxygen atoms in total. The Balaban J connectivity index is 1.84. The van der Waals surface area contributed by atoms with Crippen molar-refractivity contribution >= 4 is 12.1 Å². The van der Waals surface area contributed by atoms with E-state index in [4.69, 9.17) is 10.5 Å². The predicted octanol–water partition coefficient (Wildman–Crippen LogP) is 1.09. The molecule has 2 rings (SSSR count). The highest BCUT2D eigenvalue weighted by Crippen LogP contribution is 2.12. The van der Waals surface area contributed by atoms with Crippen molar-refractivity contribution in [2.24, 2.45) is 10.7 Å². The van der Waals surface area contributed by atoms with Gasteiger partial charge < -0.3 is 20.3 Å². The number of nitrogens with one attached hydrogen (secondary N) is 1. The highest BCUT2D eigenvalue weighted by molar-refractivity contribution is 5.78. The molecule has 0 atom stereocenters. The number of ether oxygens (including phenoxy) is 1. The molecule has 1 amide bonds. The minimum absolute atomic E-state index is 0.276. The van der Waals surface area contributed by atoms with Crippen LogP contribution in [-0.2, 0) is 11.3 Å². The van der Waals surface area contributed by atoms with E-state index in [1.54, 1.807) is 11.1 Å². The summed E-state index contributed by atoms with van der Waals surface area (Å²) < 4.78 is 5.38. The summed E-state index contributed by atoms with van der Waals surface area (Å²) in [6, 6.07) is 0. The Bertz CT molecular complexity index is 567. The minimum Gasteiger partial charge on any atom is -0.444 e. The smallest absolute Gasteiger partial charge is 0.410 e. The molecule has 0 bridgehead atoms. The fraction of sp³-hybridized carbons (Fsp3) is 0.667. The number of piperazine rings is 1. The lowest BCUT2D eigenvalue weighted by Gasteiger charge is -2.36. The molecule has 1 aliphatic heterocycles. The zero-order valence-corrected chi connectivity index (χ0v) is 14.3. The topological polar surface area (TPSA) is 99.8 Å². The second-order valence-electron chi connectivity index (χ2n) is 6.65. The van der Waals surface area contributed by atoms with Gasteiger partial charge in [0, 0.05) is 37.4 Å². The van der Waals surface area contributed by atoms with Gasteiger partial charge in [-0.15, -0.1) is 0 Å². The summed E-state index contributed by atoms with van der Waals surface area (Å²) in [7, 11) is 0. The Kier molecular flexibility index (Phi) is 5.12. The molecule has 3 N–H and O–H groups in total. The highest BCUT2D eigenvalue weighted by Gasteiger charge is 2.26. The third-order valence-corrected chi connectivity index (χ3v) is 3.60. The minimum atomic E-state index is -0.475. The molecule has 8 heteroatoms. The summed E-state index contributed by atoms with van der Waals surface area (Å²) in [6.07, 6.45) is 1.48. The number of amides is 1. The average molecular weight is 322 g/mol. The number of aliphatic imine (C=N–C) groups is 1. The molecule has 1 saturated heterocycles. The van der Waals surface area contributed by atoms with Crippen molar-refractivity contribution in [2.75, 3.05) is 26.2 Å². The molecule has 1 aromatic heterocycles. The molecule has 1 aliphatic rings. The summed E-state index contributed by atoms with van der Waals surface area (Å²) in [5.41, 5.74) is 7.60. The standard InChI is InChI=1S/C15H26N6O2/c1-11-12(10-18-19-11)9-17-13(16)20-5-7-21(8-6-20)14(22)23-15(2,3)4/h10H,5-9H2,1-4H3,(H2,16,17)(H,18,19). The van der Waals surface area contributed by atoms with Crippen LogP contribution >= 0.6 is 0 Å². The molecule has 128 valence electrons. The monoisotopic (exact) mass is 322 g/mol. The number of aromatic nitrogens is 2. The maximum atomic E-state index is 12.0. The van der Waals surface area contributed by atoms with Crippen LogP contribution in [0.2, 0.25) is 0 Å². The van der Waals surface area contributed by atoms with E-state index in [1.807, 2.05) is 32.6 Å². The summed E-state index contributed by atoms with van der Waals surface area (Å²) >= 11 is 0. The number of guanidine groups is 1. The number of hydrogen-bond acceptors (Lipinski definition) is 4. The maximum Gasteiger partial charge on any atom is 0.410 e. The van der Waals surface area contributed by atoms with E-state index in [-0.39, 0.29) is 6.09 Å². The second kappa shape index (κ2) is 6.89. The Labute approximate surface area is 136 Å². The summed E-state index contributed by atoms with van der Waals surface area (Å²) in [5.74, 6) is 0.495. The lowest BCUT2D eigenvalue weighted by molar-refractivity contribution is 0.0186. The van der Waals surface area contributed by atoms with Crippen molar-refractivity contribution in [1.82, 2.24) is 20.0 Å². The predicted molar refractivity (Wildman–Crippen MR) is 88.0 cm³/mol. The highest BCUT2D eigenvalue weighted by atomic mass is 16.6. The number of nitrogens with zero attached hydrogens (tertiary/aromatic N) is 4. The zero-order valence-electron chi connectivity index (χ0n) is 14.3. The quantitative estimate of drug-likeness (QED) is 0.627. The normalized spacial score (nSPS) is 16.6. The van der Waals surface area contributed by atoms with Gasteiger partial charge in [0.25, 0.3) is 0 Å². The fourth-order valence-corrected chi connectivity index (χ4v) is 2.25. The first kappa shape index (κ1) is 17.1. The Hall–Kier alpha value is -2.25. The number of H-pyrrole nitrogens is 1. The van der Waals surface area contributed by atoms with Crippen molar-refractivity contribution < 1.29 is 9.53 Å². The van der Waals surface area contributed by atoms with Crippen LogP contribution in [0.15, 0.2) is 11.2 Å². The van der Waals surface area contributed by atoms with E-state index in [1.165, 1.54) is 0 Å². The van der Waals surface area contributed by atoms with E-state index in [0.29, 0.717) is 38.7 Å². The third kappa shape index (κ3) is 4.87. The SMILES string of the molecule is Cc1[nH]ncc1CN=C(N)N1CCN(C(=O)OC(C)(C)C)CC1.